The summed E-state index contributed by atoms with van der Waals surface area (Å²) in [4.78, 5) is 0. The molecule has 0 bridgehead atoms. The summed E-state index contributed by atoms with van der Waals surface area (Å²) in [5, 5.41) is 12.7. The zero-order chi connectivity index (χ0) is 16.8. The van der Waals surface area contributed by atoms with Crippen LogP contribution in [0.15, 0.2) is 60.7 Å². The van der Waals surface area contributed by atoms with Crippen LogP contribution in [-0.4, -0.2) is 17.3 Å². The monoisotopic (exact) mass is 347 g/mol. The Bertz CT molecular complexity index is 626. The van der Waals surface area contributed by atoms with Crippen LogP contribution in [0.1, 0.15) is 25.7 Å². The third kappa shape index (κ3) is 4.84. The van der Waals surface area contributed by atoms with Crippen LogP contribution in [0.25, 0.3) is 0 Å². The Labute approximate surface area is 142 Å². The summed E-state index contributed by atoms with van der Waals surface area (Å²) in [6.45, 7) is 0. The molecule has 0 saturated heterocycles. The third-order valence-electron chi connectivity index (χ3n) is 3.97. The highest BCUT2D eigenvalue weighted by molar-refractivity contribution is 7.52. The molecule has 2 aromatic rings. The molecule has 0 unspecified atom stereocenters. The summed E-state index contributed by atoms with van der Waals surface area (Å²) in [6, 6.07) is 18.0. The van der Waals surface area contributed by atoms with Gasteiger partial charge in [-0.05, 0) is 49.9 Å². The van der Waals surface area contributed by atoms with Crippen LogP contribution in [0.5, 0.6) is 11.5 Å². The molecule has 0 radical (unpaired) electrons. The molecule has 0 spiro atoms. The molecule has 0 amide bonds. The average Bonchev–Trinajstić information content (AvgIpc) is 2.58. The molecule has 0 atom stereocenters. The molecule has 2 aromatic carbocycles. The molecule has 128 valence electrons. The van der Waals surface area contributed by atoms with Gasteiger partial charge in [-0.3, -0.25) is 0 Å². The van der Waals surface area contributed by atoms with E-state index in [0.717, 1.165) is 12.8 Å². The Morgan fingerprint density at radius 3 is 1.75 bits per heavy atom. The van der Waals surface area contributed by atoms with Crippen molar-refractivity contribution in [3.8, 4) is 11.5 Å². The fraction of sp³-hybridized carbons (Fsp3) is 0.333. The molecule has 6 heteroatoms. The SMILES string of the molecule is O=P(NC1CCC(O)CC1)(Oc1ccccc1)Oc1ccccc1. The second-order valence-corrected chi connectivity index (χ2v) is 7.56. The van der Waals surface area contributed by atoms with Gasteiger partial charge >= 0.3 is 7.75 Å². The highest BCUT2D eigenvalue weighted by Gasteiger charge is 2.33. The quantitative estimate of drug-likeness (QED) is 0.769. The maximum Gasteiger partial charge on any atom is 0.513 e. The Morgan fingerprint density at radius 1 is 0.833 bits per heavy atom. The topological polar surface area (TPSA) is 67.8 Å². The summed E-state index contributed by atoms with van der Waals surface area (Å²) < 4.78 is 24.7. The number of hydrogen-bond donors (Lipinski definition) is 2. The number of hydrogen-bond acceptors (Lipinski definition) is 4. The summed E-state index contributed by atoms with van der Waals surface area (Å²) in [5.41, 5.74) is 0. The van der Waals surface area contributed by atoms with E-state index in [9.17, 15) is 9.67 Å². The van der Waals surface area contributed by atoms with Gasteiger partial charge in [0.25, 0.3) is 0 Å². The van der Waals surface area contributed by atoms with Crippen molar-refractivity contribution in [2.75, 3.05) is 0 Å². The van der Waals surface area contributed by atoms with Gasteiger partial charge in [-0.1, -0.05) is 36.4 Å². The van der Waals surface area contributed by atoms with Crippen LogP contribution in [0.2, 0.25) is 0 Å². The average molecular weight is 347 g/mol. The van der Waals surface area contributed by atoms with E-state index >= 15 is 0 Å². The maximum atomic E-state index is 13.3. The first-order chi connectivity index (χ1) is 11.6. The van der Waals surface area contributed by atoms with Crippen molar-refractivity contribution in [3.63, 3.8) is 0 Å². The van der Waals surface area contributed by atoms with Gasteiger partial charge in [-0.15, -0.1) is 0 Å². The van der Waals surface area contributed by atoms with Crippen LogP contribution < -0.4 is 14.1 Å². The Balaban J connectivity index is 1.76. The van der Waals surface area contributed by atoms with E-state index in [1.807, 2.05) is 36.4 Å². The van der Waals surface area contributed by atoms with Gasteiger partial charge in [0.1, 0.15) is 11.5 Å². The Hall–Kier alpha value is -1.81. The zero-order valence-corrected chi connectivity index (χ0v) is 14.3. The molecule has 3 rings (SSSR count). The van der Waals surface area contributed by atoms with Crippen molar-refractivity contribution >= 4 is 7.75 Å². The van der Waals surface area contributed by atoms with Crippen LogP contribution in [0, 0.1) is 0 Å². The first kappa shape index (κ1) is 17.0. The maximum absolute atomic E-state index is 13.3. The van der Waals surface area contributed by atoms with Gasteiger partial charge in [0.05, 0.1) is 6.10 Å². The Morgan fingerprint density at radius 2 is 1.29 bits per heavy atom. The van der Waals surface area contributed by atoms with E-state index in [-0.39, 0.29) is 12.1 Å². The minimum atomic E-state index is -3.58. The Kier molecular flexibility index (Phi) is 5.56. The lowest BCUT2D eigenvalue weighted by atomic mass is 9.94. The number of aliphatic hydroxyl groups is 1. The second-order valence-electron chi connectivity index (χ2n) is 5.94. The number of aliphatic hydroxyl groups excluding tert-OH is 1. The second kappa shape index (κ2) is 7.84. The highest BCUT2D eigenvalue weighted by Crippen LogP contribution is 2.46. The summed E-state index contributed by atoms with van der Waals surface area (Å²) in [7, 11) is -3.58. The van der Waals surface area contributed by atoms with Crippen molar-refractivity contribution < 1.29 is 18.7 Å². The molecule has 24 heavy (non-hydrogen) atoms. The molecular weight excluding hydrogens is 325 g/mol. The van der Waals surface area contributed by atoms with Gasteiger partial charge in [0.2, 0.25) is 0 Å². The molecule has 1 aliphatic rings. The number of rotatable bonds is 6. The van der Waals surface area contributed by atoms with Gasteiger partial charge < -0.3 is 14.2 Å². The lowest BCUT2D eigenvalue weighted by molar-refractivity contribution is 0.119. The number of benzene rings is 2. The first-order valence-electron chi connectivity index (χ1n) is 8.18. The van der Waals surface area contributed by atoms with Gasteiger partial charge in [0, 0.05) is 6.04 Å². The van der Waals surface area contributed by atoms with E-state index in [4.69, 9.17) is 9.05 Å². The van der Waals surface area contributed by atoms with Crippen molar-refractivity contribution in [1.29, 1.82) is 0 Å². The molecule has 0 aromatic heterocycles. The van der Waals surface area contributed by atoms with E-state index in [0.29, 0.717) is 24.3 Å². The molecule has 0 heterocycles. The van der Waals surface area contributed by atoms with Crippen molar-refractivity contribution in [2.24, 2.45) is 0 Å². The van der Waals surface area contributed by atoms with E-state index in [1.54, 1.807) is 24.3 Å². The molecule has 1 saturated carbocycles. The lowest BCUT2D eigenvalue weighted by Crippen LogP contribution is -2.35. The predicted molar refractivity (Wildman–Crippen MR) is 93.1 cm³/mol. The summed E-state index contributed by atoms with van der Waals surface area (Å²) in [5.74, 6) is 0.972. The van der Waals surface area contributed by atoms with Crippen LogP contribution in [0.3, 0.4) is 0 Å². The molecule has 5 nitrogen and oxygen atoms in total. The smallest absolute Gasteiger partial charge is 0.405 e. The van der Waals surface area contributed by atoms with Crippen molar-refractivity contribution in [1.82, 2.24) is 5.09 Å². The molecule has 1 fully saturated rings. The highest BCUT2D eigenvalue weighted by atomic mass is 31.2. The normalized spacial score (nSPS) is 21.2. The van der Waals surface area contributed by atoms with Gasteiger partial charge in [-0.25, -0.2) is 4.57 Å². The molecule has 0 aliphatic heterocycles. The standard InChI is InChI=1S/C18H22NO4P/c20-16-13-11-15(12-14-16)19-24(21,22-17-7-3-1-4-8-17)23-18-9-5-2-6-10-18/h1-10,15-16,20H,11-14H2,(H,19,21). The minimum absolute atomic E-state index is 0.00772. The largest absolute Gasteiger partial charge is 0.513 e. The van der Waals surface area contributed by atoms with Crippen LogP contribution in [0.4, 0.5) is 0 Å². The zero-order valence-electron chi connectivity index (χ0n) is 13.4. The van der Waals surface area contributed by atoms with Crippen LogP contribution >= 0.6 is 7.75 Å². The summed E-state index contributed by atoms with van der Waals surface area (Å²) in [6.07, 6.45) is 2.58. The predicted octanol–water partition coefficient (Wildman–Crippen LogP) is 4.15. The van der Waals surface area contributed by atoms with Crippen molar-refractivity contribution in [2.45, 2.75) is 37.8 Å². The molecule has 2 N–H and O–H groups in total. The van der Waals surface area contributed by atoms with E-state index in [2.05, 4.69) is 5.09 Å². The first-order valence-corrected chi connectivity index (χ1v) is 9.72. The molecule has 1 aliphatic carbocycles. The number of para-hydroxylation sites is 2. The van der Waals surface area contributed by atoms with E-state index < -0.39 is 7.75 Å². The minimum Gasteiger partial charge on any atom is -0.405 e. The van der Waals surface area contributed by atoms with Gasteiger partial charge in [-0.2, -0.15) is 5.09 Å². The van der Waals surface area contributed by atoms with E-state index in [1.165, 1.54) is 0 Å². The number of nitrogens with one attached hydrogen (secondary N) is 1. The van der Waals surface area contributed by atoms with Gasteiger partial charge in [0.15, 0.2) is 0 Å². The summed E-state index contributed by atoms with van der Waals surface area (Å²) >= 11 is 0. The lowest BCUT2D eigenvalue weighted by Gasteiger charge is -2.29. The van der Waals surface area contributed by atoms with Crippen LogP contribution in [-0.2, 0) is 4.57 Å². The molecular formula is C18H22NO4P. The van der Waals surface area contributed by atoms with Crippen molar-refractivity contribution in [3.05, 3.63) is 60.7 Å². The fourth-order valence-corrected chi connectivity index (χ4v) is 4.39. The third-order valence-corrected chi connectivity index (χ3v) is 5.56. The fourth-order valence-electron chi connectivity index (χ4n) is 2.74.